The van der Waals surface area contributed by atoms with E-state index >= 15 is 0 Å². The average Bonchev–Trinajstić information content (AvgIpc) is 2.28. The molecule has 0 aliphatic heterocycles. The molecule has 3 nitrogen and oxygen atoms in total. The third kappa shape index (κ3) is 4.17. The fourth-order valence-electron chi connectivity index (χ4n) is 3.60. The van der Waals surface area contributed by atoms with E-state index < -0.39 is 0 Å². The lowest BCUT2D eigenvalue weighted by Crippen LogP contribution is -2.60. The van der Waals surface area contributed by atoms with Crippen LogP contribution in [0.25, 0.3) is 0 Å². The molecule has 0 radical (unpaired) electrons. The van der Waals surface area contributed by atoms with Crippen molar-refractivity contribution in [3.05, 3.63) is 0 Å². The average molecular weight is 270 g/mol. The van der Waals surface area contributed by atoms with Crippen molar-refractivity contribution < 1.29 is 4.74 Å². The molecule has 1 fully saturated rings. The van der Waals surface area contributed by atoms with E-state index in [1.807, 2.05) is 0 Å². The highest BCUT2D eigenvalue weighted by Crippen LogP contribution is 2.45. The van der Waals surface area contributed by atoms with Gasteiger partial charge in [-0.05, 0) is 51.5 Å². The molecule has 1 rings (SSSR count). The van der Waals surface area contributed by atoms with Crippen LogP contribution in [0.1, 0.15) is 53.9 Å². The molecule has 0 bridgehead atoms. The first-order valence-electron chi connectivity index (χ1n) is 7.76. The summed E-state index contributed by atoms with van der Waals surface area (Å²) < 4.78 is 5.69. The lowest BCUT2D eigenvalue weighted by Gasteiger charge is -2.52. The highest BCUT2D eigenvalue weighted by Gasteiger charge is 2.45. The minimum atomic E-state index is 0.163. The molecule has 0 aromatic rings. The van der Waals surface area contributed by atoms with Crippen LogP contribution in [0.4, 0.5) is 0 Å². The van der Waals surface area contributed by atoms with E-state index in [0.29, 0.717) is 17.4 Å². The van der Waals surface area contributed by atoms with Gasteiger partial charge in [-0.15, -0.1) is 0 Å². The predicted octanol–water partition coefficient (Wildman–Crippen LogP) is 2.89. The lowest BCUT2D eigenvalue weighted by atomic mass is 9.63. The molecule has 114 valence electrons. The Bertz CT molecular complexity index is 278. The summed E-state index contributed by atoms with van der Waals surface area (Å²) in [4.78, 5) is 2.45. The zero-order valence-corrected chi connectivity index (χ0v) is 13.8. The number of hydrogen-bond acceptors (Lipinski definition) is 3. The van der Waals surface area contributed by atoms with Gasteiger partial charge in [-0.2, -0.15) is 0 Å². The third-order valence-electron chi connectivity index (χ3n) is 5.00. The van der Waals surface area contributed by atoms with Crippen molar-refractivity contribution in [2.24, 2.45) is 17.1 Å². The lowest BCUT2D eigenvalue weighted by molar-refractivity contribution is -0.0273. The van der Waals surface area contributed by atoms with Crippen molar-refractivity contribution in [2.45, 2.75) is 65.5 Å². The Labute approximate surface area is 119 Å². The number of nitrogens with zero attached hydrogens (tertiary/aromatic N) is 1. The third-order valence-corrected chi connectivity index (χ3v) is 5.00. The second kappa shape index (κ2) is 6.55. The quantitative estimate of drug-likeness (QED) is 0.806. The van der Waals surface area contributed by atoms with Crippen molar-refractivity contribution in [1.29, 1.82) is 0 Å². The van der Waals surface area contributed by atoms with Crippen LogP contribution in [-0.4, -0.2) is 43.3 Å². The molecule has 0 aromatic heterocycles. The first kappa shape index (κ1) is 16.9. The van der Waals surface area contributed by atoms with Gasteiger partial charge in [0.15, 0.2) is 0 Å². The predicted molar refractivity (Wildman–Crippen MR) is 82.3 cm³/mol. The highest BCUT2D eigenvalue weighted by molar-refractivity contribution is 5.01. The van der Waals surface area contributed by atoms with Crippen LogP contribution < -0.4 is 5.73 Å². The first-order chi connectivity index (χ1) is 8.73. The maximum atomic E-state index is 6.17. The van der Waals surface area contributed by atoms with Crippen LogP contribution >= 0.6 is 0 Å². The topological polar surface area (TPSA) is 38.5 Å². The summed E-state index contributed by atoms with van der Waals surface area (Å²) in [6, 6.07) is 0. The smallest absolute Gasteiger partial charge is 0.0597 e. The van der Waals surface area contributed by atoms with Crippen molar-refractivity contribution >= 4 is 0 Å². The molecule has 3 heteroatoms. The van der Waals surface area contributed by atoms with Gasteiger partial charge >= 0.3 is 0 Å². The standard InChI is InChI=1S/C16H34N2O/c1-13(2)19-10-9-18(6)16(12-17)8-7-15(4,5)11-14(16)3/h13-14H,7-12,17H2,1-6H3. The van der Waals surface area contributed by atoms with Crippen LogP contribution in [0.3, 0.4) is 0 Å². The van der Waals surface area contributed by atoms with Crippen molar-refractivity contribution in [1.82, 2.24) is 4.90 Å². The van der Waals surface area contributed by atoms with E-state index in [1.165, 1.54) is 19.3 Å². The molecule has 0 amide bonds. The summed E-state index contributed by atoms with van der Waals surface area (Å²) in [5, 5.41) is 0. The van der Waals surface area contributed by atoms with E-state index in [-0.39, 0.29) is 5.54 Å². The summed E-state index contributed by atoms with van der Waals surface area (Å²) in [7, 11) is 2.21. The van der Waals surface area contributed by atoms with Gasteiger partial charge in [-0.1, -0.05) is 20.8 Å². The number of ether oxygens (including phenoxy) is 1. The van der Waals surface area contributed by atoms with Crippen LogP contribution in [0, 0.1) is 11.3 Å². The van der Waals surface area contributed by atoms with Gasteiger partial charge in [0.2, 0.25) is 0 Å². The largest absolute Gasteiger partial charge is 0.377 e. The van der Waals surface area contributed by atoms with E-state index in [9.17, 15) is 0 Å². The summed E-state index contributed by atoms with van der Waals surface area (Å²) in [5.74, 6) is 0.644. The molecule has 2 atom stereocenters. The summed E-state index contributed by atoms with van der Waals surface area (Å²) in [5.41, 5.74) is 6.80. The molecule has 0 saturated heterocycles. The van der Waals surface area contributed by atoms with Gasteiger partial charge in [0.25, 0.3) is 0 Å². The summed E-state index contributed by atoms with van der Waals surface area (Å²) in [6.07, 6.45) is 4.05. The minimum Gasteiger partial charge on any atom is -0.377 e. The molecule has 1 aliphatic carbocycles. The van der Waals surface area contributed by atoms with Crippen molar-refractivity contribution in [3.63, 3.8) is 0 Å². The zero-order valence-electron chi connectivity index (χ0n) is 13.8. The van der Waals surface area contributed by atoms with Gasteiger partial charge < -0.3 is 10.5 Å². The summed E-state index contributed by atoms with van der Waals surface area (Å²) >= 11 is 0. The Hall–Kier alpha value is -0.120. The van der Waals surface area contributed by atoms with Crippen LogP contribution in [0.5, 0.6) is 0 Å². The number of likely N-dealkylation sites (N-methyl/N-ethyl adjacent to an activating group) is 1. The second-order valence-corrected chi connectivity index (χ2v) is 7.42. The maximum Gasteiger partial charge on any atom is 0.0597 e. The highest BCUT2D eigenvalue weighted by atomic mass is 16.5. The first-order valence-corrected chi connectivity index (χ1v) is 7.76. The second-order valence-electron chi connectivity index (χ2n) is 7.42. The molecule has 0 spiro atoms. The molecule has 2 N–H and O–H groups in total. The SMILES string of the molecule is CC(C)OCCN(C)C1(CN)CCC(C)(C)CC1C. The van der Waals surface area contributed by atoms with Gasteiger partial charge in [0.05, 0.1) is 12.7 Å². The Morgan fingerprint density at radius 2 is 1.95 bits per heavy atom. The monoisotopic (exact) mass is 270 g/mol. The number of hydrogen-bond donors (Lipinski definition) is 1. The van der Waals surface area contributed by atoms with Gasteiger partial charge in [0, 0.05) is 18.6 Å². The molecule has 0 heterocycles. The Kier molecular flexibility index (Phi) is 5.84. The normalized spacial score (nSPS) is 31.1. The van der Waals surface area contributed by atoms with Crippen LogP contribution in [0.15, 0.2) is 0 Å². The Morgan fingerprint density at radius 1 is 1.32 bits per heavy atom. The molecule has 2 unspecified atom stereocenters. The fourth-order valence-corrected chi connectivity index (χ4v) is 3.60. The number of nitrogens with two attached hydrogens (primary N) is 1. The summed E-state index contributed by atoms with van der Waals surface area (Å²) in [6.45, 7) is 13.8. The molecule has 0 aromatic carbocycles. The van der Waals surface area contributed by atoms with Gasteiger partial charge in [-0.3, -0.25) is 4.90 Å². The molecule has 19 heavy (non-hydrogen) atoms. The van der Waals surface area contributed by atoms with E-state index in [2.05, 4.69) is 46.6 Å². The maximum absolute atomic E-state index is 6.17. The van der Waals surface area contributed by atoms with E-state index in [0.717, 1.165) is 19.7 Å². The molecular formula is C16H34N2O. The Balaban J connectivity index is 2.64. The Morgan fingerprint density at radius 3 is 2.42 bits per heavy atom. The van der Waals surface area contributed by atoms with Crippen LogP contribution in [0.2, 0.25) is 0 Å². The molecule has 1 saturated carbocycles. The minimum absolute atomic E-state index is 0.163. The molecule has 1 aliphatic rings. The van der Waals surface area contributed by atoms with E-state index in [1.54, 1.807) is 0 Å². The van der Waals surface area contributed by atoms with Gasteiger partial charge in [0.1, 0.15) is 0 Å². The van der Waals surface area contributed by atoms with E-state index in [4.69, 9.17) is 10.5 Å². The van der Waals surface area contributed by atoms with Gasteiger partial charge in [-0.25, -0.2) is 0 Å². The number of rotatable bonds is 6. The van der Waals surface area contributed by atoms with Crippen LogP contribution in [-0.2, 0) is 4.74 Å². The fraction of sp³-hybridized carbons (Fsp3) is 1.00. The van der Waals surface area contributed by atoms with Crippen molar-refractivity contribution in [2.75, 3.05) is 26.7 Å². The zero-order chi connectivity index (χ0) is 14.7. The van der Waals surface area contributed by atoms with Crippen molar-refractivity contribution in [3.8, 4) is 0 Å². The molecular weight excluding hydrogens is 236 g/mol.